The molecule has 1 saturated carbocycles. The molecular formula is C32H34BrF2N3O2. The maximum absolute atomic E-state index is 13.9. The lowest BCUT2D eigenvalue weighted by molar-refractivity contribution is -0.127. The van der Waals surface area contributed by atoms with E-state index in [9.17, 15) is 18.4 Å². The highest BCUT2D eigenvalue weighted by atomic mass is 79.9. The van der Waals surface area contributed by atoms with Gasteiger partial charge in [-0.15, -0.1) is 0 Å². The Kier molecular flexibility index (Phi) is 9.27. The predicted molar refractivity (Wildman–Crippen MR) is 155 cm³/mol. The van der Waals surface area contributed by atoms with E-state index in [1.54, 1.807) is 24.3 Å². The molecule has 0 radical (unpaired) electrons. The average Bonchev–Trinajstić information content (AvgIpc) is 3.46. The fraction of sp³-hybridized carbons (Fsp3) is 0.375. The lowest BCUT2D eigenvalue weighted by atomic mass is 9.73. The molecular weight excluding hydrogens is 576 g/mol. The van der Waals surface area contributed by atoms with Gasteiger partial charge in [-0.1, -0.05) is 52.3 Å². The molecule has 2 N–H and O–H groups in total. The molecule has 5 nitrogen and oxygen atoms in total. The zero-order chi connectivity index (χ0) is 28.1. The molecule has 5 rings (SSSR count). The zero-order valence-electron chi connectivity index (χ0n) is 22.3. The first kappa shape index (κ1) is 28.4. The highest BCUT2D eigenvalue weighted by molar-refractivity contribution is 9.10. The van der Waals surface area contributed by atoms with Gasteiger partial charge in [0.15, 0.2) is 0 Å². The van der Waals surface area contributed by atoms with Crippen molar-refractivity contribution in [3.05, 3.63) is 106 Å². The Bertz CT molecular complexity index is 1250. The van der Waals surface area contributed by atoms with Gasteiger partial charge in [0.25, 0.3) is 0 Å². The van der Waals surface area contributed by atoms with E-state index in [0.717, 1.165) is 36.0 Å². The van der Waals surface area contributed by atoms with Crippen LogP contribution in [0.2, 0.25) is 0 Å². The zero-order valence-corrected chi connectivity index (χ0v) is 23.9. The summed E-state index contributed by atoms with van der Waals surface area (Å²) >= 11 is 3.50. The van der Waals surface area contributed by atoms with E-state index < -0.39 is 6.04 Å². The summed E-state index contributed by atoms with van der Waals surface area (Å²) in [7, 11) is 0. The van der Waals surface area contributed by atoms with Crippen LogP contribution >= 0.6 is 15.9 Å². The number of nitrogens with one attached hydrogen (secondary N) is 2. The molecule has 8 heteroatoms. The van der Waals surface area contributed by atoms with Gasteiger partial charge >= 0.3 is 0 Å². The second kappa shape index (κ2) is 13.0. The summed E-state index contributed by atoms with van der Waals surface area (Å²) in [5.41, 5.74) is 2.47. The van der Waals surface area contributed by atoms with E-state index in [4.69, 9.17) is 0 Å². The summed E-state index contributed by atoms with van der Waals surface area (Å²) in [6.45, 7) is 2.34. The van der Waals surface area contributed by atoms with Gasteiger partial charge in [-0.2, -0.15) is 0 Å². The number of nitrogens with zero attached hydrogens (tertiary/aromatic N) is 1. The van der Waals surface area contributed by atoms with Crippen molar-refractivity contribution >= 4 is 27.7 Å². The molecule has 2 aliphatic rings. The number of halogens is 3. The van der Waals surface area contributed by atoms with Crippen molar-refractivity contribution in [2.24, 2.45) is 5.92 Å². The van der Waals surface area contributed by atoms with Gasteiger partial charge in [-0.3, -0.25) is 14.5 Å². The minimum atomic E-state index is -0.558. The van der Waals surface area contributed by atoms with Gasteiger partial charge in [0.2, 0.25) is 11.8 Å². The van der Waals surface area contributed by atoms with Crippen LogP contribution in [0, 0.1) is 17.6 Å². The summed E-state index contributed by atoms with van der Waals surface area (Å²) in [4.78, 5) is 28.9. The topological polar surface area (TPSA) is 61.4 Å². The fourth-order valence-electron chi connectivity index (χ4n) is 6.03. The third kappa shape index (κ3) is 7.15. The highest BCUT2D eigenvalue weighted by Gasteiger charge is 2.37. The number of benzene rings is 3. The van der Waals surface area contributed by atoms with Crippen molar-refractivity contribution in [1.29, 1.82) is 0 Å². The Morgan fingerprint density at radius 3 is 2.00 bits per heavy atom. The molecule has 0 bridgehead atoms. The Morgan fingerprint density at radius 1 is 0.850 bits per heavy atom. The largest absolute Gasteiger partial charge is 0.352 e. The van der Waals surface area contributed by atoms with Crippen LogP contribution < -0.4 is 10.6 Å². The van der Waals surface area contributed by atoms with E-state index in [1.165, 1.54) is 24.3 Å². The number of amides is 2. The van der Waals surface area contributed by atoms with Gasteiger partial charge in [0.1, 0.15) is 11.6 Å². The molecule has 2 amide bonds. The first-order chi connectivity index (χ1) is 19.4. The minimum Gasteiger partial charge on any atom is -0.352 e. The molecule has 3 aromatic carbocycles. The first-order valence-corrected chi connectivity index (χ1v) is 14.7. The summed E-state index contributed by atoms with van der Waals surface area (Å²) in [5.74, 6) is -1.23. The molecule has 0 spiro atoms. The van der Waals surface area contributed by atoms with Crippen molar-refractivity contribution in [3.8, 4) is 0 Å². The molecule has 1 heterocycles. The van der Waals surface area contributed by atoms with Crippen molar-refractivity contribution in [2.45, 2.75) is 50.1 Å². The number of likely N-dealkylation sites (tertiary alicyclic amines) is 1. The normalized spacial score (nSPS) is 21.4. The van der Waals surface area contributed by atoms with E-state index in [2.05, 4.69) is 31.5 Å². The number of carbonyl (C=O) groups excluding carboxylic acids is 2. The highest BCUT2D eigenvalue weighted by Crippen LogP contribution is 2.39. The van der Waals surface area contributed by atoms with E-state index in [0.29, 0.717) is 36.9 Å². The maximum Gasteiger partial charge on any atom is 0.234 e. The monoisotopic (exact) mass is 609 g/mol. The van der Waals surface area contributed by atoms with Crippen LogP contribution in [0.4, 0.5) is 8.78 Å². The van der Waals surface area contributed by atoms with Crippen LogP contribution in [-0.4, -0.2) is 42.4 Å². The molecule has 2 fully saturated rings. The molecule has 40 heavy (non-hydrogen) atoms. The number of hydrogen-bond donors (Lipinski definition) is 2. The van der Waals surface area contributed by atoms with Crippen molar-refractivity contribution in [2.75, 3.05) is 19.6 Å². The minimum absolute atomic E-state index is 0.0159. The molecule has 210 valence electrons. The van der Waals surface area contributed by atoms with E-state index in [-0.39, 0.29) is 41.3 Å². The van der Waals surface area contributed by atoms with Gasteiger partial charge in [-0.05, 0) is 104 Å². The Morgan fingerprint density at radius 2 is 1.43 bits per heavy atom. The third-order valence-electron chi connectivity index (χ3n) is 8.11. The van der Waals surface area contributed by atoms with Crippen LogP contribution in [0.25, 0.3) is 0 Å². The van der Waals surface area contributed by atoms with Crippen LogP contribution in [0.5, 0.6) is 0 Å². The number of carbonyl (C=O) groups is 2. The van der Waals surface area contributed by atoms with Gasteiger partial charge in [-0.25, -0.2) is 8.78 Å². The standard InChI is InChI=1S/C32H34BrF2N3O2/c33-24-9-3-21(4-10-24)29-19-27(36-30(39)20-38-17-1-2-18-38)15-16-28(29)32(40)37-31(22-5-11-25(34)12-6-22)23-7-13-26(35)14-8-23/h3-14,27-29,31H,1-2,15-20H2,(H,36,39)(H,37,40)/t27-,28-,29+/m1/s1. The lowest BCUT2D eigenvalue weighted by Gasteiger charge is -2.37. The van der Waals surface area contributed by atoms with Crippen LogP contribution in [0.3, 0.4) is 0 Å². The lowest BCUT2D eigenvalue weighted by Crippen LogP contribution is -2.47. The molecule has 0 aromatic heterocycles. The molecule has 3 atom stereocenters. The smallest absolute Gasteiger partial charge is 0.234 e. The molecule has 1 aliphatic heterocycles. The Balaban J connectivity index is 1.35. The van der Waals surface area contributed by atoms with Crippen LogP contribution in [0.15, 0.2) is 77.3 Å². The first-order valence-electron chi connectivity index (χ1n) is 13.9. The summed E-state index contributed by atoms with van der Waals surface area (Å²) < 4.78 is 28.3. The molecule has 3 aromatic rings. The average molecular weight is 611 g/mol. The van der Waals surface area contributed by atoms with Gasteiger partial charge < -0.3 is 10.6 Å². The Labute approximate surface area is 242 Å². The van der Waals surface area contributed by atoms with Crippen LogP contribution in [0.1, 0.15) is 60.8 Å². The van der Waals surface area contributed by atoms with E-state index in [1.807, 2.05) is 24.3 Å². The quantitative estimate of drug-likeness (QED) is 0.324. The predicted octanol–water partition coefficient (Wildman–Crippen LogP) is 6.10. The van der Waals surface area contributed by atoms with E-state index >= 15 is 0 Å². The van der Waals surface area contributed by atoms with Gasteiger partial charge in [0, 0.05) is 16.4 Å². The van der Waals surface area contributed by atoms with Crippen molar-refractivity contribution in [3.63, 3.8) is 0 Å². The SMILES string of the molecule is O=C(CN1CCCC1)N[C@@H]1CC[C@@H](C(=O)NC(c2ccc(F)cc2)c2ccc(F)cc2)[C@H](c2ccc(Br)cc2)C1. The fourth-order valence-corrected chi connectivity index (χ4v) is 6.29. The Hall–Kier alpha value is -3.10. The summed E-state index contributed by atoms with van der Waals surface area (Å²) in [6, 6.07) is 19.4. The molecule has 0 unspecified atom stereocenters. The van der Waals surface area contributed by atoms with Crippen molar-refractivity contribution < 1.29 is 18.4 Å². The number of rotatable bonds is 8. The second-order valence-electron chi connectivity index (χ2n) is 10.9. The molecule has 1 aliphatic carbocycles. The maximum atomic E-state index is 13.9. The third-order valence-corrected chi connectivity index (χ3v) is 8.64. The van der Waals surface area contributed by atoms with Gasteiger partial charge in [0.05, 0.1) is 12.6 Å². The molecule has 1 saturated heterocycles. The number of hydrogen-bond acceptors (Lipinski definition) is 3. The van der Waals surface area contributed by atoms with Crippen LogP contribution in [-0.2, 0) is 9.59 Å². The summed E-state index contributed by atoms with van der Waals surface area (Å²) in [5, 5.41) is 6.41. The van der Waals surface area contributed by atoms with Crippen molar-refractivity contribution in [1.82, 2.24) is 15.5 Å². The second-order valence-corrected chi connectivity index (χ2v) is 11.8. The summed E-state index contributed by atoms with van der Waals surface area (Å²) in [6.07, 6.45) is 4.24.